The highest BCUT2D eigenvalue weighted by molar-refractivity contribution is 5.26. The first kappa shape index (κ1) is 13.2. The van der Waals surface area contributed by atoms with Crippen LogP contribution in [0.4, 0.5) is 0 Å². The molecular weight excluding hydrogens is 196 g/mol. The van der Waals surface area contributed by atoms with Gasteiger partial charge in [0.2, 0.25) is 0 Å². The van der Waals surface area contributed by atoms with E-state index >= 15 is 0 Å². The van der Waals surface area contributed by atoms with Gasteiger partial charge in [-0.05, 0) is 17.0 Å². The third-order valence-electron chi connectivity index (χ3n) is 2.78. The van der Waals surface area contributed by atoms with Gasteiger partial charge >= 0.3 is 0 Å². The van der Waals surface area contributed by atoms with Crippen molar-refractivity contribution in [2.24, 2.45) is 5.73 Å². The second kappa shape index (κ2) is 6.02. The zero-order valence-electron chi connectivity index (χ0n) is 10.8. The second-order valence-electron chi connectivity index (χ2n) is 4.99. The second-order valence-corrected chi connectivity index (χ2v) is 4.99. The molecule has 1 rings (SSSR count). The van der Waals surface area contributed by atoms with Crippen LogP contribution < -0.4 is 11.1 Å². The fourth-order valence-electron chi connectivity index (χ4n) is 1.61. The Morgan fingerprint density at radius 1 is 1.00 bits per heavy atom. The summed E-state index contributed by atoms with van der Waals surface area (Å²) in [7, 11) is 0. The number of nitrogens with one attached hydrogen (secondary N) is 1. The lowest BCUT2D eigenvalue weighted by Gasteiger charge is -2.16. The van der Waals surface area contributed by atoms with Crippen molar-refractivity contribution in [1.29, 1.82) is 0 Å². The van der Waals surface area contributed by atoms with E-state index in [1.54, 1.807) is 0 Å². The normalized spacial score (nSPS) is 13.4. The van der Waals surface area contributed by atoms with Crippen LogP contribution in [0.25, 0.3) is 0 Å². The molecule has 90 valence electrons. The molecule has 0 aliphatic rings. The van der Waals surface area contributed by atoms with E-state index in [2.05, 4.69) is 57.3 Å². The van der Waals surface area contributed by atoms with Crippen molar-refractivity contribution >= 4 is 0 Å². The number of benzene rings is 1. The van der Waals surface area contributed by atoms with Crippen LogP contribution in [0.5, 0.6) is 0 Å². The van der Waals surface area contributed by atoms with Gasteiger partial charge in [-0.3, -0.25) is 0 Å². The van der Waals surface area contributed by atoms with Crippen molar-refractivity contribution in [1.82, 2.24) is 5.32 Å². The maximum atomic E-state index is 6.11. The molecule has 2 nitrogen and oxygen atoms in total. The average Bonchev–Trinajstić information content (AvgIpc) is 2.26. The fraction of sp³-hybridized carbons (Fsp3) is 0.571. The summed E-state index contributed by atoms with van der Waals surface area (Å²) in [5.41, 5.74) is 8.68. The fourth-order valence-corrected chi connectivity index (χ4v) is 1.61. The molecule has 0 saturated carbocycles. The monoisotopic (exact) mass is 220 g/mol. The van der Waals surface area contributed by atoms with Gasteiger partial charge in [-0.25, -0.2) is 0 Å². The molecule has 0 amide bonds. The molecule has 1 aromatic rings. The van der Waals surface area contributed by atoms with E-state index in [-0.39, 0.29) is 6.04 Å². The summed E-state index contributed by atoms with van der Waals surface area (Å²) in [6.07, 6.45) is 0. The Balaban J connectivity index is 2.59. The predicted octanol–water partition coefficient (Wildman–Crippen LogP) is 2.81. The molecule has 0 fully saturated rings. The molecule has 1 aromatic carbocycles. The van der Waals surface area contributed by atoms with Crippen LogP contribution in [-0.2, 0) is 0 Å². The average molecular weight is 220 g/mol. The summed E-state index contributed by atoms with van der Waals surface area (Å²) in [6.45, 7) is 9.51. The Bertz CT molecular complexity index is 301. The molecule has 0 aromatic heterocycles. The van der Waals surface area contributed by atoms with Crippen LogP contribution in [0.15, 0.2) is 24.3 Å². The minimum Gasteiger partial charge on any atom is -0.323 e. The zero-order valence-corrected chi connectivity index (χ0v) is 10.8. The molecule has 1 atom stereocenters. The smallest absolute Gasteiger partial charge is 0.0421 e. The van der Waals surface area contributed by atoms with Crippen LogP contribution >= 0.6 is 0 Å². The van der Waals surface area contributed by atoms with Gasteiger partial charge in [0.25, 0.3) is 0 Å². The molecule has 0 spiro atoms. The lowest BCUT2D eigenvalue weighted by Crippen LogP contribution is -2.31. The minimum absolute atomic E-state index is 0.0867. The minimum atomic E-state index is 0.0867. The van der Waals surface area contributed by atoms with Crippen molar-refractivity contribution < 1.29 is 0 Å². The van der Waals surface area contributed by atoms with E-state index in [1.165, 1.54) is 11.1 Å². The number of nitrogens with two attached hydrogens (primary N) is 1. The highest BCUT2D eigenvalue weighted by Gasteiger charge is 2.06. The van der Waals surface area contributed by atoms with E-state index in [0.717, 1.165) is 6.54 Å². The number of hydrogen-bond acceptors (Lipinski definition) is 2. The van der Waals surface area contributed by atoms with Gasteiger partial charge in [-0.15, -0.1) is 0 Å². The summed E-state index contributed by atoms with van der Waals surface area (Å²) < 4.78 is 0. The Morgan fingerprint density at radius 2 is 1.50 bits per heavy atom. The van der Waals surface area contributed by atoms with Crippen LogP contribution in [0.3, 0.4) is 0 Å². The Labute approximate surface area is 99.2 Å². The molecular formula is C14H24N2. The van der Waals surface area contributed by atoms with E-state index in [0.29, 0.717) is 12.0 Å². The van der Waals surface area contributed by atoms with E-state index in [9.17, 15) is 0 Å². The Hall–Kier alpha value is -0.860. The quantitative estimate of drug-likeness (QED) is 0.801. The topological polar surface area (TPSA) is 38.0 Å². The van der Waals surface area contributed by atoms with Crippen LogP contribution in [0.1, 0.15) is 50.8 Å². The maximum absolute atomic E-state index is 6.11. The van der Waals surface area contributed by atoms with Gasteiger partial charge in [0, 0.05) is 18.6 Å². The Morgan fingerprint density at radius 3 is 1.94 bits per heavy atom. The Kier molecular flexibility index (Phi) is 4.97. The van der Waals surface area contributed by atoms with Crippen LogP contribution in [-0.4, -0.2) is 12.6 Å². The molecule has 0 heterocycles. The molecule has 1 unspecified atom stereocenters. The summed E-state index contributed by atoms with van der Waals surface area (Å²) in [4.78, 5) is 0. The maximum Gasteiger partial charge on any atom is 0.0421 e. The van der Waals surface area contributed by atoms with Gasteiger partial charge in [-0.2, -0.15) is 0 Å². The molecule has 2 heteroatoms. The van der Waals surface area contributed by atoms with Crippen molar-refractivity contribution in [2.45, 2.75) is 45.7 Å². The van der Waals surface area contributed by atoms with Gasteiger partial charge in [0.15, 0.2) is 0 Å². The highest BCUT2D eigenvalue weighted by atomic mass is 14.9. The zero-order chi connectivity index (χ0) is 12.1. The lowest BCUT2D eigenvalue weighted by atomic mass is 9.99. The standard InChI is InChI=1S/C14H24N2/c1-10(2)12-5-7-13(8-6-12)14(15)9-16-11(3)4/h5-8,10-11,14,16H,9,15H2,1-4H3. The number of hydrogen-bond donors (Lipinski definition) is 2. The van der Waals surface area contributed by atoms with E-state index in [4.69, 9.17) is 5.73 Å². The molecule has 3 N–H and O–H groups in total. The molecule has 0 radical (unpaired) electrons. The first-order chi connectivity index (χ1) is 7.50. The highest BCUT2D eigenvalue weighted by Crippen LogP contribution is 2.17. The van der Waals surface area contributed by atoms with Gasteiger partial charge < -0.3 is 11.1 Å². The van der Waals surface area contributed by atoms with Gasteiger partial charge in [0.05, 0.1) is 0 Å². The van der Waals surface area contributed by atoms with Gasteiger partial charge in [-0.1, -0.05) is 52.0 Å². The van der Waals surface area contributed by atoms with Crippen molar-refractivity contribution in [2.75, 3.05) is 6.54 Å². The van der Waals surface area contributed by atoms with Crippen LogP contribution in [0, 0.1) is 0 Å². The third-order valence-corrected chi connectivity index (χ3v) is 2.78. The van der Waals surface area contributed by atoms with Crippen LogP contribution in [0.2, 0.25) is 0 Å². The molecule has 0 aliphatic carbocycles. The molecule has 0 aliphatic heterocycles. The molecule has 0 bridgehead atoms. The largest absolute Gasteiger partial charge is 0.323 e. The third kappa shape index (κ3) is 3.95. The van der Waals surface area contributed by atoms with Crippen molar-refractivity contribution in [3.8, 4) is 0 Å². The van der Waals surface area contributed by atoms with Crippen molar-refractivity contribution in [3.05, 3.63) is 35.4 Å². The van der Waals surface area contributed by atoms with Crippen molar-refractivity contribution in [3.63, 3.8) is 0 Å². The first-order valence-corrected chi connectivity index (χ1v) is 6.09. The lowest BCUT2D eigenvalue weighted by molar-refractivity contribution is 0.537. The van der Waals surface area contributed by atoms with E-state index < -0.39 is 0 Å². The predicted molar refractivity (Wildman–Crippen MR) is 70.6 cm³/mol. The summed E-state index contributed by atoms with van der Waals surface area (Å²) in [6, 6.07) is 9.21. The van der Waals surface area contributed by atoms with Gasteiger partial charge in [0.1, 0.15) is 0 Å². The number of rotatable bonds is 5. The SMILES string of the molecule is CC(C)NCC(N)c1ccc(C(C)C)cc1. The summed E-state index contributed by atoms with van der Waals surface area (Å²) >= 11 is 0. The summed E-state index contributed by atoms with van der Waals surface area (Å²) in [5.74, 6) is 0.582. The van der Waals surface area contributed by atoms with E-state index in [1.807, 2.05) is 0 Å². The molecule has 16 heavy (non-hydrogen) atoms. The summed E-state index contributed by atoms with van der Waals surface area (Å²) in [5, 5.41) is 3.36. The molecule has 0 saturated heterocycles. The first-order valence-electron chi connectivity index (χ1n) is 6.09.